The van der Waals surface area contributed by atoms with E-state index in [4.69, 9.17) is 0 Å². The third-order valence-electron chi connectivity index (χ3n) is 1.000. The molecule has 0 saturated heterocycles. The minimum Gasteiger partial charge on any atom is -0.343 e. The van der Waals surface area contributed by atoms with E-state index in [2.05, 4.69) is 13.8 Å². The second kappa shape index (κ2) is 11.1. The van der Waals surface area contributed by atoms with Crippen LogP contribution in [0.3, 0.4) is 0 Å². The molecule has 0 heterocycles. The zero-order valence-corrected chi connectivity index (χ0v) is 7.87. The van der Waals surface area contributed by atoms with Crippen LogP contribution in [-0.2, 0) is 0 Å². The molecule has 0 radical (unpaired) electrons. The Bertz CT molecular complexity index is 23.6. The molecule has 0 aromatic heterocycles. The maximum atomic E-state index is 3.74. The summed E-state index contributed by atoms with van der Waals surface area (Å²) in [6, 6.07) is 0. The van der Waals surface area contributed by atoms with Gasteiger partial charge in [-0.1, -0.05) is 19.3 Å². The molecule has 0 aliphatic rings. The first kappa shape index (κ1) is 12.0. The zero-order chi connectivity index (χ0) is 5.54. The molecule has 0 saturated carbocycles. The fourth-order valence-electron chi connectivity index (χ4n) is 0.530. The van der Waals surface area contributed by atoms with Crippen LogP contribution in [0.15, 0.2) is 0 Å². The van der Waals surface area contributed by atoms with Crippen LogP contribution >= 0.6 is 0 Å². The molecule has 0 atom stereocenters. The molecule has 0 spiro atoms. The predicted octanol–water partition coefficient (Wildman–Crippen LogP) is 2.22. The van der Waals surface area contributed by atoms with E-state index >= 15 is 0 Å². The normalized spacial score (nSPS) is 8.25. The molecular weight excluding hydrogens is 124 g/mol. The van der Waals surface area contributed by atoms with Gasteiger partial charge < -0.3 is 13.8 Å². The largest absolute Gasteiger partial charge is 2.00 e. The third kappa shape index (κ3) is 10.3. The first-order valence-electron chi connectivity index (χ1n) is 3.00. The smallest absolute Gasteiger partial charge is 0.343 e. The molecule has 0 aliphatic carbocycles. The van der Waals surface area contributed by atoms with Gasteiger partial charge in [0.25, 0.3) is 0 Å². The Morgan fingerprint density at radius 1 is 0.750 bits per heavy atom. The second-order valence-electron chi connectivity index (χ2n) is 1.77. The van der Waals surface area contributed by atoms with Gasteiger partial charge in [-0.05, 0) is 0 Å². The number of rotatable bonds is 4. The summed E-state index contributed by atoms with van der Waals surface area (Å²) in [6.07, 6.45) is 6.03. The van der Waals surface area contributed by atoms with Crippen LogP contribution < -0.4 is 0 Å². The van der Waals surface area contributed by atoms with Crippen molar-refractivity contribution in [1.29, 1.82) is 0 Å². The molecule has 44 valence electrons. The Labute approximate surface area is 83.0 Å². The Kier molecular flexibility index (Phi) is 16.6. The Morgan fingerprint density at radius 2 is 1.12 bits per heavy atom. The van der Waals surface area contributed by atoms with Crippen LogP contribution in [0.4, 0.5) is 0 Å². The van der Waals surface area contributed by atoms with Crippen molar-refractivity contribution in [2.45, 2.75) is 32.1 Å². The standard InChI is InChI=1S/C7H14.Ca/c1-3-5-7-6-4-2;/h1-7H2;/q-2;+2. The van der Waals surface area contributed by atoms with E-state index in [9.17, 15) is 0 Å². The van der Waals surface area contributed by atoms with Gasteiger partial charge in [0.2, 0.25) is 0 Å². The summed E-state index contributed by atoms with van der Waals surface area (Å²) in [7, 11) is 0. The molecule has 0 nitrogen and oxygen atoms in total. The Balaban J connectivity index is 0. The maximum Gasteiger partial charge on any atom is 2.00 e. The molecule has 0 unspecified atom stereocenters. The molecule has 0 aromatic rings. The van der Waals surface area contributed by atoms with Gasteiger partial charge in [-0.15, -0.1) is 0 Å². The van der Waals surface area contributed by atoms with E-state index in [1.807, 2.05) is 0 Å². The van der Waals surface area contributed by atoms with Gasteiger partial charge >= 0.3 is 37.7 Å². The summed E-state index contributed by atoms with van der Waals surface area (Å²) in [5.74, 6) is 0. The van der Waals surface area contributed by atoms with Crippen molar-refractivity contribution in [3.05, 3.63) is 13.8 Å². The molecule has 0 fully saturated rings. The molecule has 0 rings (SSSR count). The Morgan fingerprint density at radius 3 is 1.38 bits per heavy atom. The van der Waals surface area contributed by atoms with E-state index in [1.165, 1.54) is 19.3 Å². The summed E-state index contributed by atoms with van der Waals surface area (Å²) < 4.78 is 0. The molecule has 8 heavy (non-hydrogen) atoms. The molecule has 0 aromatic carbocycles. The molecule has 0 aliphatic heterocycles. The fraction of sp³-hybridized carbons (Fsp3) is 0.714. The van der Waals surface area contributed by atoms with Crippen molar-refractivity contribution >= 4 is 37.7 Å². The summed E-state index contributed by atoms with van der Waals surface area (Å²) in [6.45, 7) is 7.47. The predicted molar refractivity (Wildman–Crippen MR) is 39.6 cm³/mol. The maximum absolute atomic E-state index is 3.74. The quantitative estimate of drug-likeness (QED) is 0.317. The SMILES string of the molecule is [CH2-]CCCCC[CH2-].[Ca+2]. The van der Waals surface area contributed by atoms with Crippen molar-refractivity contribution in [3.8, 4) is 0 Å². The molecule has 0 amide bonds. The van der Waals surface area contributed by atoms with Crippen LogP contribution in [0.2, 0.25) is 0 Å². The topological polar surface area (TPSA) is 0 Å². The van der Waals surface area contributed by atoms with E-state index < -0.39 is 0 Å². The van der Waals surface area contributed by atoms with Gasteiger partial charge in [-0.2, -0.15) is 12.8 Å². The molecular formula is C7H14Ca. The van der Waals surface area contributed by atoms with Crippen molar-refractivity contribution in [2.24, 2.45) is 0 Å². The van der Waals surface area contributed by atoms with Gasteiger partial charge in [-0.3, -0.25) is 0 Å². The van der Waals surface area contributed by atoms with Gasteiger partial charge in [-0.25, -0.2) is 0 Å². The summed E-state index contributed by atoms with van der Waals surface area (Å²) in [5, 5.41) is 0. The van der Waals surface area contributed by atoms with Gasteiger partial charge in [0.15, 0.2) is 0 Å². The third-order valence-corrected chi connectivity index (χ3v) is 1.000. The summed E-state index contributed by atoms with van der Waals surface area (Å²) >= 11 is 0. The number of hydrogen-bond donors (Lipinski definition) is 0. The monoisotopic (exact) mass is 138 g/mol. The molecule has 0 bridgehead atoms. The second-order valence-corrected chi connectivity index (χ2v) is 1.77. The van der Waals surface area contributed by atoms with Crippen molar-refractivity contribution in [3.63, 3.8) is 0 Å². The number of hydrogen-bond acceptors (Lipinski definition) is 0. The van der Waals surface area contributed by atoms with E-state index in [1.54, 1.807) is 0 Å². The number of unbranched alkanes of at least 4 members (excludes halogenated alkanes) is 4. The minimum absolute atomic E-state index is 0. The van der Waals surface area contributed by atoms with Crippen LogP contribution in [0.1, 0.15) is 32.1 Å². The average molecular weight is 138 g/mol. The van der Waals surface area contributed by atoms with E-state index in [0.717, 1.165) is 12.8 Å². The van der Waals surface area contributed by atoms with Gasteiger partial charge in [0.1, 0.15) is 0 Å². The van der Waals surface area contributed by atoms with Crippen LogP contribution in [0.5, 0.6) is 0 Å². The van der Waals surface area contributed by atoms with Crippen molar-refractivity contribution < 1.29 is 0 Å². The summed E-state index contributed by atoms with van der Waals surface area (Å²) in [4.78, 5) is 0. The first-order valence-corrected chi connectivity index (χ1v) is 3.00. The molecule has 1 heteroatoms. The van der Waals surface area contributed by atoms with Gasteiger partial charge in [0, 0.05) is 0 Å². The van der Waals surface area contributed by atoms with Crippen LogP contribution in [0.25, 0.3) is 0 Å². The van der Waals surface area contributed by atoms with Gasteiger partial charge in [0.05, 0.1) is 0 Å². The average Bonchev–Trinajstić information content (AvgIpc) is 1.69. The van der Waals surface area contributed by atoms with Crippen LogP contribution in [0, 0.1) is 13.8 Å². The van der Waals surface area contributed by atoms with E-state index in [0.29, 0.717) is 0 Å². The van der Waals surface area contributed by atoms with Crippen molar-refractivity contribution in [2.75, 3.05) is 0 Å². The minimum atomic E-state index is 0. The fourth-order valence-corrected chi connectivity index (χ4v) is 0.530. The zero-order valence-electron chi connectivity index (χ0n) is 5.66. The van der Waals surface area contributed by atoms with E-state index in [-0.39, 0.29) is 37.7 Å². The molecule has 0 N–H and O–H groups in total. The van der Waals surface area contributed by atoms with Crippen LogP contribution in [-0.4, -0.2) is 37.7 Å². The van der Waals surface area contributed by atoms with Crippen molar-refractivity contribution in [1.82, 2.24) is 0 Å². The summed E-state index contributed by atoms with van der Waals surface area (Å²) in [5.41, 5.74) is 0. The Hall–Kier alpha value is 1.26. The first-order chi connectivity index (χ1) is 3.41.